The maximum absolute atomic E-state index is 12.6. The number of hydrogen-bond donors (Lipinski definition) is 0. The molecular weight excluding hydrogens is 360 g/mol. The van der Waals surface area contributed by atoms with Crippen molar-refractivity contribution in [2.24, 2.45) is 11.1 Å². The van der Waals surface area contributed by atoms with Crippen LogP contribution in [0.1, 0.15) is 45.0 Å². The Kier molecular flexibility index (Phi) is 6.66. The van der Waals surface area contributed by atoms with E-state index in [1.165, 1.54) is 11.3 Å². The van der Waals surface area contributed by atoms with Gasteiger partial charge in [0.25, 0.3) is 0 Å². The number of benzene rings is 1. The Morgan fingerprint density at radius 3 is 2.68 bits per heavy atom. The molecule has 1 atom stereocenters. The first-order valence-corrected chi connectivity index (χ1v) is 10.7. The number of nitrogens with zero attached hydrogens (tertiary/aromatic N) is 2. The van der Waals surface area contributed by atoms with E-state index in [0.29, 0.717) is 17.8 Å². The minimum atomic E-state index is -3.81. The highest BCUT2D eigenvalue weighted by Gasteiger charge is 2.25. The molecule has 0 aliphatic carbocycles. The van der Waals surface area contributed by atoms with Crippen molar-refractivity contribution in [1.82, 2.24) is 4.98 Å². The molecule has 0 saturated heterocycles. The molecule has 8 heteroatoms. The van der Waals surface area contributed by atoms with E-state index in [1.807, 2.05) is 38.1 Å². The molecule has 25 heavy (non-hydrogen) atoms. The van der Waals surface area contributed by atoms with Crippen LogP contribution in [0, 0.1) is 5.92 Å². The number of para-hydroxylation sites is 1. The van der Waals surface area contributed by atoms with Crippen LogP contribution in [0.4, 0.5) is 0 Å². The number of Topliss-reactive ketones (excluding diaryl/α,β-unsaturated/α-hetero) is 1. The Bertz CT molecular complexity index is 839. The minimum absolute atomic E-state index is 0.0318. The number of thiazole rings is 1. The number of aromatic nitrogens is 1. The van der Waals surface area contributed by atoms with Crippen molar-refractivity contribution in [2.45, 2.75) is 40.0 Å². The van der Waals surface area contributed by atoms with Crippen LogP contribution in [0.15, 0.2) is 29.4 Å². The average Bonchev–Trinajstić information content (AvgIpc) is 3.02. The van der Waals surface area contributed by atoms with Gasteiger partial charge in [0.1, 0.15) is 5.01 Å². The number of carbonyl (C=O) groups is 1. The van der Waals surface area contributed by atoms with Crippen molar-refractivity contribution in [3.63, 3.8) is 0 Å². The molecule has 0 radical (unpaired) electrons. The largest absolute Gasteiger partial charge is 0.328 e. The smallest absolute Gasteiger partial charge is 0.292 e. The first-order valence-electron chi connectivity index (χ1n) is 8.27. The molecule has 6 nitrogen and oxygen atoms in total. The summed E-state index contributed by atoms with van der Waals surface area (Å²) in [7, 11) is -3.81. The lowest BCUT2D eigenvalue weighted by Gasteiger charge is -2.08. The van der Waals surface area contributed by atoms with Gasteiger partial charge in [0.05, 0.1) is 16.0 Å². The fraction of sp³-hybridized carbons (Fsp3) is 0.471. The average molecular weight is 383 g/mol. The number of ketones is 1. The van der Waals surface area contributed by atoms with Crippen LogP contribution in [-0.4, -0.2) is 30.6 Å². The third-order valence-corrected chi connectivity index (χ3v) is 5.91. The van der Waals surface area contributed by atoms with Gasteiger partial charge in [-0.2, -0.15) is 8.42 Å². The fourth-order valence-electron chi connectivity index (χ4n) is 2.03. The third kappa shape index (κ3) is 5.09. The van der Waals surface area contributed by atoms with Crippen molar-refractivity contribution in [2.75, 3.05) is 5.75 Å². The fourth-order valence-corrected chi connectivity index (χ4v) is 3.89. The van der Waals surface area contributed by atoms with E-state index in [4.69, 9.17) is 4.28 Å². The van der Waals surface area contributed by atoms with Gasteiger partial charge in [0.2, 0.25) is 0 Å². The molecule has 0 N–H and O–H groups in total. The molecule has 136 valence electrons. The van der Waals surface area contributed by atoms with Crippen molar-refractivity contribution < 1.29 is 17.5 Å². The number of fused-ring (bicyclic) bond motifs is 1. The topological polar surface area (TPSA) is 85.7 Å². The number of oxime groups is 1. The molecule has 0 amide bonds. The van der Waals surface area contributed by atoms with E-state index in [9.17, 15) is 13.2 Å². The second-order valence-corrected chi connectivity index (χ2v) is 8.49. The Morgan fingerprint density at radius 2 is 2.04 bits per heavy atom. The van der Waals surface area contributed by atoms with E-state index in [0.717, 1.165) is 16.6 Å². The highest BCUT2D eigenvalue weighted by molar-refractivity contribution is 7.86. The van der Waals surface area contributed by atoms with Crippen molar-refractivity contribution in [3.05, 3.63) is 29.3 Å². The molecule has 1 heterocycles. The predicted molar refractivity (Wildman–Crippen MR) is 100 cm³/mol. The zero-order valence-corrected chi connectivity index (χ0v) is 16.2. The van der Waals surface area contributed by atoms with E-state index < -0.39 is 10.1 Å². The van der Waals surface area contributed by atoms with Gasteiger partial charge in [0, 0.05) is 5.92 Å². The lowest BCUT2D eigenvalue weighted by atomic mass is 10.0. The SMILES string of the molecule is CCCCS(=O)(=O)O/N=C(\C(=O)C(C)CC)c1nc2ccccc2s1. The standard InChI is InChI=1S/C17H22N2O4S2/c1-4-6-11-25(21,22)23-19-15(16(20)12(3)5-2)17-18-13-9-7-8-10-14(13)24-17/h7-10,12H,4-6,11H2,1-3H3/b19-15+. The number of carbonyl (C=O) groups excluding carboxylic acids is 1. The van der Waals surface area contributed by atoms with Gasteiger partial charge in [-0.3, -0.25) is 9.08 Å². The Hall–Kier alpha value is -1.80. The van der Waals surface area contributed by atoms with Crippen molar-refractivity contribution in [1.29, 1.82) is 0 Å². The third-order valence-electron chi connectivity index (χ3n) is 3.78. The summed E-state index contributed by atoms with van der Waals surface area (Å²) in [5.41, 5.74) is 0.705. The summed E-state index contributed by atoms with van der Waals surface area (Å²) >= 11 is 1.29. The van der Waals surface area contributed by atoms with Crippen LogP contribution in [0.3, 0.4) is 0 Å². The Morgan fingerprint density at radius 1 is 1.32 bits per heavy atom. The van der Waals surface area contributed by atoms with Gasteiger partial charge < -0.3 is 0 Å². The quantitative estimate of drug-likeness (QED) is 0.487. The summed E-state index contributed by atoms with van der Waals surface area (Å²) in [6.45, 7) is 5.55. The second-order valence-electron chi connectivity index (χ2n) is 5.79. The van der Waals surface area contributed by atoms with Crippen LogP contribution in [-0.2, 0) is 19.2 Å². The molecule has 0 saturated carbocycles. The maximum Gasteiger partial charge on any atom is 0.328 e. The summed E-state index contributed by atoms with van der Waals surface area (Å²) in [5, 5.41) is 4.08. The summed E-state index contributed by atoms with van der Waals surface area (Å²) < 4.78 is 29.5. The summed E-state index contributed by atoms with van der Waals surface area (Å²) in [6.07, 6.45) is 1.82. The zero-order valence-electron chi connectivity index (χ0n) is 14.6. The normalized spacial score (nSPS) is 13.8. The molecule has 2 rings (SSSR count). The molecule has 2 aromatic rings. The maximum atomic E-state index is 12.6. The van der Waals surface area contributed by atoms with Crippen LogP contribution in [0.2, 0.25) is 0 Å². The van der Waals surface area contributed by atoms with Crippen LogP contribution in [0.5, 0.6) is 0 Å². The van der Waals surface area contributed by atoms with Crippen LogP contribution >= 0.6 is 11.3 Å². The van der Waals surface area contributed by atoms with Gasteiger partial charge in [-0.25, -0.2) is 4.98 Å². The van der Waals surface area contributed by atoms with Gasteiger partial charge in [-0.05, 0) is 25.0 Å². The minimum Gasteiger partial charge on any atom is -0.292 e. The van der Waals surface area contributed by atoms with Crippen LogP contribution in [0.25, 0.3) is 10.2 Å². The van der Waals surface area contributed by atoms with E-state index >= 15 is 0 Å². The molecule has 1 unspecified atom stereocenters. The van der Waals surface area contributed by atoms with Gasteiger partial charge in [-0.1, -0.05) is 44.5 Å². The molecule has 0 aliphatic rings. The molecule has 1 aromatic heterocycles. The first kappa shape index (κ1) is 19.5. The predicted octanol–water partition coefficient (Wildman–Crippen LogP) is 3.76. The monoisotopic (exact) mass is 382 g/mol. The summed E-state index contributed by atoms with van der Waals surface area (Å²) in [6, 6.07) is 7.45. The molecule has 0 fully saturated rings. The van der Waals surface area contributed by atoms with E-state index in [2.05, 4.69) is 10.1 Å². The molecule has 0 bridgehead atoms. The van der Waals surface area contributed by atoms with Gasteiger partial charge in [-0.15, -0.1) is 11.3 Å². The molecule has 0 aliphatic heterocycles. The first-order chi connectivity index (χ1) is 11.9. The zero-order chi connectivity index (χ0) is 18.4. The Labute approximate surface area is 152 Å². The lowest BCUT2D eigenvalue weighted by molar-refractivity contribution is -0.116. The van der Waals surface area contributed by atoms with E-state index in [-0.39, 0.29) is 23.2 Å². The van der Waals surface area contributed by atoms with Gasteiger partial charge >= 0.3 is 10.1 Å². The highest BCUT2D eigenvalue weighted by atomic mass is 32.2. The Balaban J connectivity index is 2.39. The summed E-state index contributed by atoms with van der Waals surface area (Å²) in [4.78, 5) is 17.0. The van der Waals surface area contributed by atoms with Crippen molar-refractivity contribution in [3.8, 4) is 0 Å². The van der Waals surface area contributed by atoms with Gasteiger partial charge in [0.15, 0.2) is 11.5 Å². The number of rotatable bonds is 9. The van der Waals surface area contributed by atoms with E-state index in [1.54, 1.807) is 6.92 Å². The second kappa shape index (κ2) is 8.53. The summed E-state index contributed by atoms with van der Waals surface area (Å²) in [5.74, 6) is -0.697. The number of hydrogen-bond acceptors (Lipinski definition) is 7. The highest BCUT2D eigenvalue weighted by Crippen LogP contribution is 2.24. The molecule has 1 aromatic carbocycles. The van der Waals surface area contributed by atoms with Crippen molar-refractivity contribution >= 4 is 43.2 Å². The lowest BCUT2D eigenvalue weighted by Crippen LogP contribution is -2.23. The number of unbranched alkanes of at least 4 members (excludes halogenated alkanes) is 1. The van der Waals surface area contributed by atoms with Crippen LogP contribution < -0.4 is 0 Å². The molecule has 0 spiro atoms. The molecular formula is C17H22N2O4S2.